The van der Waals surface area contributed by atoms with E-state index in [1.807, 2.05) is 18.7 Å². The van der Waals surface area contributed by atoms with E-state index in [4.69, 9.17) is 5.11 Å². The van der Waals surface area contributed by atoms with E-state index in [2.05, 4.69) is 0 Å². The molecule has 0 aromatic carbocycles. The van der Waals surface area contributed by atoms with Gasteiger partial charge in [0.25, 0.3) is 0 Å². The number of amides is 1. The van der Waals surface area contributed by atoms with E-state index < -0.39 is 5.97 Å². The Bertz CT molecular complexity index is 284. The van der Waals surface area contributed by atoms with Crippen LogP contribution in [0.1, 0.15) is 39.5 Å². The molecule has 0 heterocycles. The highest BCUT2D eigenvalue weighted by molar-refractivity contribution is 5.79. The third-order valence-electron chi connectivity index (χ3n) is 3.08. The van der Waals surface area contributed by atoms with Crippen LogP contribution >= 0.6 is 0 Å². The lowest BCUT2D eigenvalue weighted by Crippen LogP contribution is -2.43. The molecular weight excluding hydrogens is 232 g/mol. The van der Waals surface area contributed by atoms with Crippen molar-refractivity contribution in [2.45, 2.75) is 45.6 Å². The Balaban J connectivity index is 2.49. The Kier molecular flexibility index (Phi) is 6.12. The summed E-state index contributed by atoms with van der Waals surface area (Å²) in [6.07, 6.45) is 3.91. The quantitative estimate of drug-likeness (QED) is 0.673. The van der Waals surface area contributed by atoms with Gasteiger partial charge in [0.1, 0.15) is 0 Å². The molecule has 1 aliphatic carbocycles. The summed E-state index contributed by atoms with van der Waals surface area (Å²) >= 11 is 0. The number of aliphatic carboxylic acids is 1. The average Bonchev–Trinajstić information content (AvgIpc) is 3.11. The van der Waals surface area contributed by atoms with E-state index in [1.165, 1.54) is 0 Å². The molecule has 1 N–H and O–H groups in total. The normalized spacial score (nSPS) is 14.8. The van der Waals surface area contributed by atoms with Crippen LogP contribution in [0.15, 0.2) is 0 Å². The maximum atomic E-state index is 12.1. The van der Waals surface area contributed by atoms with Crippen molar-refractivity contribution in [3.8, 4) is 0 Å². The lowest BCUT2D eigenvalue weighted by Gasteiger charge is -2.26. The molecule has 0 atom stereocenters. The first-order chi connectivity index (χ1) is 8.58. The van der Waals surface area contributed by atoms with Gasteiger partial charge >= 0.3 is 5.97 Å². The fourth-order valence-corrected chi connectivity index (χ4v) is 2.10. The average molecular weight is 256 g/mol. The monoisotopic (exact) mass is 256 g/mol. The second-order valence-electron chi connectivity index (χ2n) is 4.91. The number of nitrogens with zero attached hydrogens (tertiary/aromatic N) is 2. The van der Waals surface area contributed by atoms with E-state index in [0.29, 0.717) is 6.04 Å². The summed E-state index contributed by atoms with van der Waals surface area (Å²) < 4.78 is 0. The summed E-state index contributed by atoms with van der Waals surface area (Å²) in [6, 6.07) is 0.301. The molecular formula is C13H24N2O3. The Morgan fingerprint density at radius 3 is 2.06 bits per heavy atom. The van der Waals surface area contributed by atoms with Crippen molar-refractivity contribution >= 4 is 11.9 Å². The van der Waals surface area contributed by atoms with Crippen LogP contribution in [0, 0.1) is 0 Å². The number of rotatable bonds is 9. The first kappa shape index (κ1) is 15.0. The van der Waals surface area contributed by atoms with Crippen molar-refractivity contribution in [3.63, 3.8) is 0 Å². The number of carboxylic acids is 1. The maximum Gasteiger partial charge on any atom is 0.317 e. The molecule has 18 heavy (non-hydrogen) atoms. The third kappa shape index (κ3) is 5.04. The molecule has 1 amide bonds. The van der Waals surface area contributed by atoms with Gasteiger partial charge in [-0.05, 0) is 25.7 Å². The zero-order valence-electron chi connectivity index (χ0n) is 11.4. The van der Waals surface area contributed by atoms with Crippen molar-refractivity contribution < 1.29 is 14.7 Å². The molecule has 0 unspecified atom stereocenters. The lowest BCUT2D eigenvalue weighted by atomic mass is 10.3. The van der Waals surface area contributed by atoms with Crippen LogP contribution in [0.2, 0.25) is 0 Å². The van der Waals surface area contributed by atoms with Gasteiger partial charge in [0.2, 0.25) is 5.91 Å². The highest BCUT2D eigenvalue weighted by Crippen LogP contribution is 2.26. The SMILES string of the molecule is CCCN(CCC)C(=O)CN(CC(=O)O)C1CC1. The molecule has 1 rings (SSSR count). The van der Waals surface area contributed by atoms with Crippen LogP contribution in [-0.2, 0) is 9.59 Å². The van der Waals surface area contributed by atoms with Crippen LogP contribution in [0.3, 0.4) is 0 Å². The van der Waals surface area contributed by atoms with Crippen molar-refractivity contribution in [3.05, 3.63) is 0 Å². The summed E-state index contributed by atoms with van der Waals surface area (Å²) in [5, 5.41) is 8.85. The van der Waals surface area contributed by atoms with E-state index in [0.717, 1.165) is 38.8 Å². The molecule has 5 nitrogen and oxygen atoms in total. The summed E-state index contributed by atoms with van der Waals surface area (Å²) in [6.45, 7) is 5.84. The van der Waals surface area contributed by atoms with E-state index >= 15 is 0 Å². The second kappa shape index (κ2) is 7.36. The van der Waals surface area contributed by atoms with Gasteiger partial charge in [-0.15, -0.1) is 0 Å². The van der Waals surface area contributed by atoms with Gasteiger partial charge in [0.15, 0.2) is 0 Å². The molecule has 104 valence electrons. The highest BCUT2D eigenvalue weighted by Gasteiger charge is 2.32. The van der Waals surface area contributed by atoms with Gasteiger partial charge in [-0.25, -0.2) is 0 Å². The Morgan fingerprint density at radius 2 is 1.67 bits per heavy atom. The van der Waals surface area contributed by atoms with Crippen LogP contribution in [0.4, 0.5) is 0 Å². The number of carbonyl (C=O) groups excluding carboxylic acids is 1. The minimum absolute atomic E-state index is 0.0253. The number of carboxylic acid groups (broad SMARTS) is 1. The van der Waals surface area contributed by atoms with Crippen LogP contribution in [0.25, 0.3) is 0 Å². The number of hydrogen-bond acceptors (Lipinski definition) is 3. The molecule has 5 heteroatoms. The Labute approximate surface area is 109 Å². The van der Waals surface area contributed by atoms with Crippen molar-refractivity contribution in [1.29, 1.82) is 0 Å². The number of hydrogen-bond donors (Lipinski definition) is 1. The van der Waals surface area contributed by atoms with Crippen LogP contribution < -0.4 is 0 Å². The topological polar surface area (TPSA) is 60.9 Å². The standard InChI is InChI=1S/C13H24N2O3/c1-3-7-14(8-4-2)12(16)9-15(10-13(17)18)11-5-6-11/h11H,3-10H2,1-2H3,(H,17,18). The molecule has 0 bridgehead atoms. The molecule has 0 saturated heterocycles. The lowest BCUT2D eigenvalue weighted by molar-refractivity contribution is -0.140. The zero-order chi connectivity index (χ0) is 13.5. The Morgan fingerprint density at radius 1 is 1.11 bits per heavy atom. The van der Waals surface area contributed by atoms with Crippen molar-refractivity contribution in [1.82, 2.24) is 9.80 Å². The first-order valence-corrected chi connectivity index (χ1v) is 6.82. The molecule has 0 aromatic heterocycles. The van der Waals surface area contributed by atoms with E-state index in [-0.39, 0.29) is 19.0 Å². The summed E-state index contributed by atoms with van der Waals surface area (Å²) in [4.78, 5) is 26.6. The zero-order valence-corrected chi connectivity index (χ0v) is 11.4. The molecule has 0 spiro atoms. The number of carbonyl (C=O) groups is 2. The van der Waals surface area contributed by atoms with Crippen LogP contribution in [-0.4, -0.2) is 59.0 Å². The van der Waals surface area contributed by atoms with Gasteiger partial charge in [0.05, 0.1) is 13.1 Å². The molecule has 0 aromatic rings. The van der Waals surface area contributed by atoms with Crippen molar-refractivity contribution in [2.24, 2.45) is 0 Å². The molecule has 0 radical (unpaired) electrons. The highest BCUT2D eigenvalue weighted by atomic mass is 16.4. The molecule has 1 fully saturated rings. The van der Waals surface area contributed by atoms with E-state index in [1.54, 1.807) is 4.90 Å². The smallest absolute Gasteiger partial charge is 0.317 e. The second-order valence-corrected chi connectivity index (χ2v) is 4.91. The summed E-state index contributed by atoms with van der Waals surface area (Å²) in [5.74, 6) is -0.793. The van der Waals surface area contributed by atoms with Gasteiger partial charge < -0.3 is 10.0 Å². The predicted octanol–water partition coefficient (Wildman–Crippen LogP) is 1.18. The van der Waals surface area contributed by atoms with Gasteiger partial charge in [0, 0.05) is 19.1 Å². The van der Waals surface area contributed by atoms with E-state index in [9.17, 15) is 9.59 Å². The maximum absolute atomic E-state index is 12.1. The van der Waals surface area contributed by atoms with Crippen LogP contribution in [0.5, 0.6) is 0 Å². The fourth-order valence-electron chi connectivity index (χ4n) is 2.10. The molecule has 1 saturated carbocycles. The minimum Gasteiger partial charge on any atom is -0.480 e. The molecule has 1 aliphatic rings. The first-order valence-electron chi connectivity index (χ1n) is 6.82. The third-order valence-corrected chi connectivity index (χ3v) is 3.08. The van der Waals surface area contributed by atoms with Gasteiger partial charge in [-0.2, -0.15) is 0 Å². The molecule has 0 aliphatic heterocycles. The largest absolute Gasteiger partial charge is 0.480 e. The fraction of sp³-hybridized carbons (Fsp3) is 0.846. The summed E-state index contributed by atoms with van der Waals surface area (Å²) in [5.41, 5.74) is 0. The van der Waals surface area contributed by atoms with Gasteiger partial charge in [-0.3, -0.25) is 14.5 Å². The predicted molar refractivity (Wildman–Crippen MR) is 69.4 cm³/mol. The van der Waals surface area contributed by atoms with Gasteiger partial charge in [-0.1, -0.05) is 13.8 Å². The minimum atomic E-state index is -0.854. The van der Waals surface area contributed by atoms with Crippen molar-refractivity contribution in [2.75, 3.05) is 26.2 Å². The summed E-state index contributed by atoms with van der Waals surface area (Å²) in [7, 11) is 0. The Hall–Kier alpha value is -1.10.